The summed E-state index contributed by atoms with van der Waals surface area (Å²) in [5, 5.41) is 1.15. The fourth-order valence-corrected chi connectivity index (χ4v) is 5.66. The minimum absolute atomic E-state index is 0.333. The van der Waals surface area contributed by atoms with Crippen LogP contribution in [0.1, 0.15) is 55.9 Å². The third-order valence-corrected chi connectivity index (χ3v) is 7.00. The predicted octanol–water partition coefficient (Wildman–Crippen LogP) is 3.33. The molecule has 30 heavy (non-hydrogen) atoms. The van der Waals surface area contributed by atoms with Crippen molar-refractivity contribution in [3.05, 3.63) is 16.8 Å². The van der Waals surface area contributed by atoms with Gasteiger partial charge < -0.3 is 15.2 Å². The van der Waals surface area contributed by atoms with Crippen molar-refractivity contribution in [1.82, 2.24) is 14.9 Å². The van der Waals surface area contributed by atoms with Crippen LogP contribution in [0.3, 0.4) is 0 Å². The van der Waals surface area contributed by atoms with Crippen LogP contribution in [-0.2, 0) is 22.4 Å². The topological polar surface area (TPSA) is 90.6 Å². The highest BCUT2D eigenvalue weighted by atomic mass is 32.1. The van der Waals surface area contributed by atoms with Gasteiger partial charge in [-0.25, -0.2) is 9.97 Å². The number of methoxy groups -OCH3 is 1. The normalized spacial score (nSPS) is 19.3. The lowest BCUT2D eigenvalue weighted by atomic mass is 9.94. The third kappa shape index (κ3) is 6.12. The van der Waals surface area contributed by atoms with Crippen molar-refractivity contribution >= 4 is 27.5 Å². The Morgan fingerprint density at radius 1 is 1.17 bits per heavy atom. The molecule has 0 aromatic carbocycles. The van der Waals surface area contributed by atoms with Crippen LogP contribution in [-0.4, -0.2) is 60.2 Å². The Balaban J connectivity index is 0.000000147. The molecular formula is C22H34N4O3S. The number of nitrogens with two attached hydrogens (primary N) is 1. The molecule has 1 aliphatic heterocycles. The molecule has 0 bridgehead atoms. The number of primary amides is 1. The van der Waals surface area contributed by atoms with Gasteiger partial charge in [-0.15, -0.1) is 11.3 Å². The highest BCUT2D eigenvalue weighted by Gasteiger charge is 2.22. The van der Waals surface area contributed by atoms with Gasteiger partial charge in [0.05, 0.1) is 25.7 Å². The first kappa shape index (κ1) is 22.9. The molecule has 0 radical (unpaired) electrons. The number of hydrogen-bond donors (Lipinski definition) is 1. The van der Waals surface area contributed by atoms with Crippen molar-refractivity contribution in [1.29, 1.82) is 0 Å². The second-order valence-electron chi connectivity index (χ2n) is 7.97. The molecule has 8 heteroatoms. The smallest absolute Gasteiger partial charge is 0.225 e. The summed E-state index contributed by atoms with van der Waals surface area (Å²) in [4.78, 5) is 22.8. The predicted molar refractivity (Wildman–Crippen MR) is 120 cm³/mol. The third-order valence-electron chi connectivity index (χ3n) is 5.80. The van der Waals surface area contributed by atoms with Gasteiger partial charge in [-0.3, -0.25) is 9.69 Å². The molecular weight excluding hydrogens is 400 g/mol. The van der Waals surface area contributed by atoms with Crippen molar-refractivity contribution in [2.24, 2.45) is 5.73 Å². The SMILES string of the molecule is C1CCC(N2CCOCC2)CC1.CC(N)=O.COc1ncnc2sc3c(c12)CCC3. The standard InChI is InChI=1S/C10H10N2OS.C10H19NO.C2H5NO/c1-13-9-8-6-3-2-4-7(6)14-10(8)12-5-11-9;1-2-4-10(5-3-1)11-6-8-12-9-7-11;1-2(3)4/h5H,2-4H2,1H3;10H,1-9H2;1H3,(H2,3,4). The van der Waals surface area contributed by atoms with Crippen molar-refractivity contribution in [3.63, 3.8) is 0 Å². The van der Waals surface area contributed by atoms with E-state index < -0.39 is 0 Å². The number of ether oxygens (including phenoxy) is 2. The molecule has 2 aliphatic carbocycles. The molecule has 0 spiro atoms. The minimum Gasteiger partial charge on any atom is -0.480 e. The first-order chi connectivity index (χ1) is 14.6. The van der Waals surface area contributed by atoms with Crippen LogP contribution in [0.15, 0.2) is 6.33 Å². The molecule has 2 aromatic heterocycles. The first-order valence-electron chi connectivity index (χ1n) is 11.0. The van der Waals surface area contributed by atoms with Crippen molar-refractivity contribution in [2.75, 3.05) is 33.4 Å². The van der Waals surface area contributed by atoms with Gasteiger partial charge in [0, 0.05) is 30.9 Å². The molecule has 0 unspecified atom stereocenters. The van der Waals surface area contributed by atoms with Crippen LogP contribution in [0.2, 0.25) is 0 Å². The maximum Gasteiger partial charge on any atom is 0.225 e. The zero-order valence-corrected chi connectivity index (χ0v) is 19.0. The number of aromatic nitrogens is 2. The van der Waals surface area contributed by atoms with E-state index in [4.69, 9.17) is 9.47 Å². The second kappa shape index (κ2) is 11.6. The molecule has 2 aromatic rings. The monoisotopic (exact) mass is 434 g/mol. The summed E-state index contributed by atoms with van der Waals surface area (Å²) in [6.45, 7) is 5.56. The summed E-state index contributed by atoms with van der Waals surface area (Å²) in [5.74, 6) is 0.398. The van der Waals surface area contributed by atoms with Crippen molar-refractivity contribution in [3.8, 4) is 5.88 Å². The van der Waals surface area contributed by atoms with Gasteiger partial charge in [-0.2, -0.15) is 0 Å². The maximum absolute atomic E-state index is 9.22. The summed E-state index contributed by atoms with van der Waals surface area (Å²) < 4.78 is 10.6. The van der Waals surface area contributed by atoms with E-state index in [1.54, 1.807) is 24.8 Å². The summed E-state index contributed by atoms with van der Waals surface area (Å²) in [5.41, 5.74) is 5.89. The van der Waals surface area contributed by atoms with Crippen LogP contribution in [0.4, 0.5) is 0 Å². The Hall–Kier alpha value is -1.77. The van der Waals surface area contributed by atoms with Crippen LogP contribution < -0.4 is 10.5 Å². The largest absolute Gasteiger partial charge is 0.480 e. The zero-order chi connectivity index (χ0) is 21.3. The Morgan fingerprint density at radius 3 is 2.53 bits per heavy atom. The van der Waals surface area contributed by atoms with E-state index >= 15 is 0 Å². The van der Waals surface area contributed by atoms with Gasteiger partial charge in [0.15, 0.2) is 0 Å². The number of rotatable bonds is 2. The lowest BCUT2D eigenvalue weighted by Gasteiger charge is -2.36. The van der Waals surface area contributed by atoms with E-state index in [9.17, 15) is 4.79 Å². The first-order valence-corrected chi connectivity index (χ1v) is 11.8. The molecule has 5 rings (SSSR count). The quantitative estimate of drug-likeness (QED) is 0.780. The molecule has 166 valence electrons. The van der Waals surface area contributed by atoms with Crippen LogP contribution in [0.25, 0.3) is 10.2 Å². The molecule has 1 amide bonds. The summed E-state index contributed by atoms with van der Waals surface area (Å²) >= 11 is 1.78. The molecule has 1 saturated heterocycles. The second-order valence-corrected chi connectivity index (χ2v) is 9.05. The zero-order valence-electron chi connectivity index (χ0n) is 18.2. The van der Waals surface area contributed by atoms with E-state index in [1.165, 1.54) is 75.4 Å². The average molecular weight is 435 g/mol. The van der Waals surface area contributed by atoms with Crippen molar-refractivity contribution in [2.45, 2.75) is 64.3 Å². The number of nitrogens with zero attached hydrogens (tertiary/aromatic N) is 3. The summed E-state index contributed by atoms with van der Waals surface area (Å²) in [6.07, 6.45) is 12.4. The number of amides is 1. The van der Waals surface area contributed by atoms with E-state index in [1.807, 2.05) is 0 Å². The van der Waals surface area contributed by atoms with E-state index in [-0.39, 0.29) is 5.91 Å². The number of hydrogen-bond acceptors (Lipinski definition) is 7. The average Bonchev–Trinajstić information content (AvgIpc) is 3.36. The van der Waals surface area contributed by atoms with E-state index in [0.717, 1.165) is 41.8 Å². The number of aryl methyl sites for hydroxylation is 2. The summed E-state index contributed by atoms with van der Waals surface area (Å²) in [6, 6.07) is 0.891. The molecule has 3 aliphatic rings. The van der Waals surface area contributed by atoms with Crippen LogP contribution >= 0.6 is 11.3 Å². The van der Waals surface area contributed by atoms with E-state index in [0.29, 0.717) is 0 Å². The van der Waals surface area contributed by atoms with Gasteiger partial charge in [-0.1, -0.05) is 19.3 Å². The fraction of sp³-hybridized carbons (Fsp3) is 0.682. The van der Waals surface area contributed by atoms with E-state index in [2.05, 4.69) is 20.6 Å². The lowest BCUT2D eigenvalue weighted by molar-refractivity contribution is -0.115. The number of morpholine rings is 1. The Labute approximate surface area is 183 Å². The molecule has 7 nitrogen and oxygen atoms in total. The summed E-state index contributed by atoms with van der Waals surface area (Å²) in [7, 11) is 1.67. The Morgan fingerprint density at radius 2 is 1.87 bits per heavy atom. The number of carbonyl (C=O) groups is 1. The highest BCUT2D eigenvalue weighted by molar-refractivity contribution is 7.18. The maximum atomic E-state index is 9.22. The molecule has 1 saturated carbocycles. The van der Waals surface area contributed by atoms with Gasteiger partial charge in [0.25, 0.3) is 0 Å². The fourth-order valence-electron chi connectivity index (χ4n) is 4.44. The van der Waals surface area contributed by atoms with Crippen molar-refractivity contribution < 1.29 is 14.3 Å². The molecule has 2 fully saturated rings. The molecule has 0 atom stereocenters. The molecule has 2 N–H and O–H groups in total. The number of fused-ring (bicyclic) bond motifs is 3. The highest BCUT2D eigenvalue weighted by Crippen LogP contribution is 2.39. The molecule has 3 heterocycles. The van der Waals surface area contributed by atoms with Crippen LogP contribution in [0.5, 0.6) is 5.88 Å². The van der Waals surface area contributed by atoms with Gasteiger partial charge in [0.1, 0.15) is 11.2 Å². The Bertz CT molecular complexity index is 794. The van der Waals surface area contributed by atoms with Gasteiger partial charge >= 0.3 is 0 Å². The number of carbonyl (C=O) groups excluding carboxylic acids is 1. The Kier molecular flexibility index (Phi) is 8.84. The van der Waals surface area contributed by atoms with Gasteiger partial charge in [-0.05, 0) is 37.7 Å². The minimum atomic E-state index is -0.333. The number of thiophene rings is 1. The van der Waals surface area contributed by atoms with Crippen LogP contribution in [0, 0.1) is 0 Å². The van der Waals surface area contributed by atoms with Gasteiger partial charge in [0.2, 0.25) is 11.8 Å². The lowest BCUT2D eigenvalue weighted by Crippen LogP contribution is -2.44.